The molecule has 1 aliphatic carbocycles. The molecule has 1 aromatic rings. The Hall–Kier alpha value is -1.39. The number of ether oxygens (including phenoxy) is 1. The van der Waals surface area contributed by atoms with Gasteiger partial charge in [-0.3, -0.25) is 4.90 Å². The zero-order valence-corrected chi connectivity index (χ0v) is 12.2. The van der Waals surface area contributed by atoms with E-state index in [2.05, 4.69) is 11.8 Å². The summed E-state index contributed by atoms with van der Waals surface area (Å²) in [5, 5.41) is 8.92. The maximum Gasteiger partial charge on any atom is 0.335 e. The third-order valence-corrected chi connectivity index (χ3v) is 4.05. The topological polar surface area (TPSA) is 49.8 Å². The lowest BCUT2D eigenvalue weighted by Crippen LogP contribution is -2.36. The number of carbonyl (C=O) groups is 1. The average Bonchev–Trinajstić information content (AvgIpc) is 3.27. The summed E-state index contributed by atoms with van der Waals surface area (Å²) in [7, 11) is 1.72. The van der Waals surface area contributed by atoms with E-state index in [1.807, 2.05) is 12.1 Å². The van der Waals surface area contributed by atoms with Crippen molar-refractivity contribution in [3.8, 4) is 0 Å². The molecule has 0 amide bonds. The fourth-order valence-electron chi connectivity index (χ4n) is 2.50. The third-order valence-electron chi connectivity index (χ3n) is 4.05. The van der Waals surface area contributed by atoms with Crippen LogP contribution >= 0.6 is 0 Å². The molecule has 1 unspecified atom stereocenters. The van der Waals surface area contributed by atoms with Crippen molar-refractivity contribution < 1.29 is 14.6 Å². The van der Waals surface area contributed by atoms with Gasteiger partial charge < -0.3 is 9.84 Å². The first-order valence-corrected chi connectivity index (χ1v) is 7.17. The molecule has 0 aliphatic heterocycles. The van der Waals surface area contributed by atoms with Gasteiger partial charge in [-0.15, -0.1) is 0 Å². The lowest BCUT2D eigenvalue weighted by molar-refractivity contribution is 0.0697. The molecule has 1 atom stereocenters. The van der Waals surface area contributed by atoms with Crippen molar-refractivity contribution in [3.05, 3.63) is 35.4 Å². The Labute approximate surface area is 120 Å². The summed E-state index contributed by atoms with van der Waals surface area (Å²) in [5.74, 6) is -0.0655. The first kappa shape index (κ1) is 15.0. The molecule has 0 aromatic heterocycles. The minimum atomic E-state index is -0.876. The second-order valence-corrected chi connectivity index (χ2v) is 5.54. The number of carboxylic acids is 1. The zero-order valence-electron chi connectivity index (χ0n) is 12.2. The number of nitrogens with zero attached hydrogens (tertiary/aromatic N) is 1. The predicted octanol–water partition coefficient (Wildman–Crippen LogP) is 2.63. The van der Waals surface area contributed by atoms with E-state index in [1.54, 1.807) is 19.2 Å². The van der Waals surface area contributed by atoms with Gasteiger partial charge in [0.15, 0.2) is 0 Å². The van der Waals surface area contributed by atoms with Gasteiger partial charge in [-0.05, 0) is 43.4 Å². The van der Waals surface area contributed by atoms with Crippen molar-refractivity contribution in [1.29, 1.82) is 0 Å². The Morgan fingerprint density at radius 2 is 2.05 bits per heavy atom. The zero-order chi connectivity index (χ0) is 14.5. The molecule has 0 heterocycles. The lowest BCUT2D eigenvalue weighted by Gasteiger charge is -2.29. The van der Waals surface area contributed by atoms with Crippen molar-refractivity contribution in [2.45, 2.75) is 32.4 Å². The molecule has 0 saturated heterocycles. The Bertz CT molecular complexity index is 440. The molecule has 0 radical (unpaired) electrons. The van der Waals surface area contributed by atoms with Crippen molar-refractivity contribution in [2.24, 2.45) is 5.92 Å². The second kappa shape index (κ2) is 6.86. The fraction of sp³-hybridized carbons (Fsp3) is 0.562. The van der Waals surface area contributed by atoms with Gasteiger partial charge in [-0.25, -0.2) is 4.79 Å². The summed E-state index contributed by atoms with van der Waals surface area (Å²) in [6.45, 7) is 4.76. The predicted molar refractivity (Wildman–Crippen MR) is 77.9 cm³/mol. The minimum absolute atomic E-state index is 0.340. The average molecular weight is 277 g/mol. The highest BCUT2D eigenvalue weighted by atomic mass is 16.5. The molecule has 1 aromatic carbocycles. The highest BCUT2D eigenvalue weighted by Crippen LogP contribution is 2.35. The molecular weight excluding hydrogens is 254 g/mol. The Balaban J connectivity index is 2.00. The molecule has 1 saturated carbocycles. The van der Waals surface area contributed by atoms with Crippen LogP contribution in [0.25, 0.3) is 0 Å². The van der Waals surface area contributed by atoms with Crippen LogP contribution in [0.5, 0.6) is 0 Å². The molecule has 110 valence electrons. The number of hydrogen-bond acceptors (Lipinski definition) is 3. The summed E-state index contributed by atoms with van der Waals surface area (Å²) in [6, 6.07) is 7.72. The van der Waals surface area contributed by atoms with Gasteiger partial charge in [-0.1, -0.05) is 12.1 Å². The Morgan fingerprint density at radius 3 is 2.55 bits per heavy atom. The van der Waals surface area contributed by atoms with Gasteiger partial charge in [0.25, 0.3) is 0 Å². The van der Waals surface area contributed by atoms with Gasteiger partial charge in [0.2, 0.25) is 0 Å². The van der Waals surface area contributed by atoms with E-state index in [0.717, 1.165) is 31.2 Å². The first-order chi connectivity index (χ1) is 9.61. The quantitative estimate of drug-likeness (QED) is 0.793. The van der Waals surface area contributed by atoms with Crippen molar-refractivity contribution >= 4 is 5.97 Å². The summed E-state index contributed by atoms with van der Waals surface area (Å²) < 4.78 is 5.19. The van der Waals surface area contributed by atoms with Crippen LogP contribution in [0.4, 0.5) is 0 Å². The number of hydrogen-bond donors (Lipinski definition) is 1. The number of methoxy groups -OCH3 is 1. The number of benzene rings is 1. The van der Waals surface area contributed by atoms with Crippen LogP contribution in [-0.4, -0.2) is 42.3 Å². The maximum absolute atomic E-state index is 10.9. The molecule has 20 heavy (non-hydrogen) atoms. The highest BCUT2D eigenvalue weighted by molar-refractivity contribution is 5.87. The van der Waals surface area contributed by atoms with E-state index in [1.165, 1.54) is 12.8 Å². The highest BCUT2D eigenvalue weighted by Gasteiger charge is 2.31. The SMILES string of the molecule is COCCN(Cc1ccc(C(=O)O)cc1)C(C)C1CC1. The Morgan fingerprint density at radius 1 is 1.40 bits per heavy atom. The van der Waals surface area contributed by atoms with E-state index in [9.17, 15) is 4.79 Å². The smallest absolute Gasteiger partial charge is 0.335 e. The van der Waals surface area contributed by atoms with Crippen molar-refractivity contribution in [2.75, 3.05) is 20.3 Å². The van der Waals surface area contributed by atoms with E-state index in [0.29, 0.717) is 11.6 Å². The van der Waals surface area contributed by atoms with Crippen LogP contribution in [0.1, 0.15) is 35.7 Å². The third kappa shape index (κ3) is 4.05. The number of aromatic carboxylic acids is 1. The summed E-state index contributed by atoms with van der Waals surface area (Å²) in [6.07, 6.45) is 2.64. The maximum atomic E-state index is 10.9. The molecule has 2 rings (SSSR count). The minimum Gasteiger partial charge on any atom is -0.478 e. The molecule has 0 spiro atoms. The number of carboxylic acid groups (broad SMARTS) is 1. The number of rotatable bonds is 8. The van der Waals surface area contributed by atoms with Gasteiger partial charge in [0, 0.05) is 26.2 Å². The second-order valence-electron chi connectivity index (χ2n) is 5.54. The Kier molecular flexibility index (Phi) is 5.15. The van der Waals surface area contributed by atoms with Crippen LogP contribution in [0.2, 0.25) is 0 Å². The summed E-state index contributed by atoms with van der Waals surface area (Å²) >= 11 is 0. The first-order valence-electron chi connectivity index (χ1n) is 7.17. The largest absolute Gasteiger partial charge is 0.478 e. The van der Waals surface area contributed by atoms with Crippen LogP contribution in [0.15, 0.2) is 24.3 Å². The fourth-order valence-corrected chi connectivity index (χ4v) is 2.50. The van der Waals surface area contributed by atoms with Gasteiger partial charge in [-0.2, -0.15) is 0 Å². The van der Waals surface area contributed by atoms with E-state index in [-0.39, 0.29) is 0 Å². The molecule has 4 nitrogen and oxygen atoms in total. The van der Waals surface area contributed by atoms with Crippen LogP contribution in [-0.2, 0) is 11.3 Å². The van der Waals surface area contributed by atoms with Crippen molar-refractivity contribution in [1.82, 2.24) is 4.90 Å². The monoisotopic (exact) mass is 277 g/mol. The van der Waals surface area contributed by atoms with E-state index in [4.69, 9.17) is 9.84 Å². The van der Waals surface area contributed by atoms with Gasteiger partial charge in [0.05, 0.1) is 12.2 Å². The standard InChI is InChI=1S/C16H23NO3/c1-12(14-7-8-14)17(9-10-20-2)11-13-3-5-15(6-4-13)16(18)19/h3-6,12,14H,7-11H2,1-2H3,(H,18,19). The lowest BCUT2D eigenvalue weighted by atomic mass is 10.1. The van der Waals surface area contributed by atoms with E-state index < -0.39 is 5.97 Å². The molecule has 1 aliphatic rings. The van der Waals surface area contributed by atoms with Gasteiger partial charge in [0.1, 0.15) is 0 Å². The van der Waals surface area contributed by atoms with Gasteiger partial charge >= 0.3 is 5.97 Å². The summed E-state index contributed by atoms with van der Waals surface area (Å²) in [4.78, 5) is 13.3. The van der Waals surface area contributed by atoms with E-state index >= 15 is 0 Å². The van der Waals surface area contributed by atoms with Crippen molar-refractivity contribution in [3.63, 3.8) is 0 Å². The molecular formula is C16H23NO3. The molecule has 0 bridgehead atoms. The van der Waals surface area contributed by atoms with Crippen LogP contribution in [0.3, 0.4) is 0 Å². The summed E-state index contributed by atoms with van der Waals surface area (Å²) in [5.41, 5.74) is 1.49. The van der Waals surface area contributed by atoms with Crippen LogP contribution < -0.4 is 0 Å². The normalized spacial score (nSPS) is 16.4. The molecule has 4 heteroatoms. The van der Waals surface area contributed by atoms with Crippen LogP contribution in [0, 0.1) is 5.92 Å². The molecule has 1 fully saturated rings. The molecule has 1 N–H and O–H groups in total.